The monoisotopic (exact) mass is 334 g/mol. The van der Waals surface area contributed by atoms with Crippen molar-refractivity contribution in [2.45, 2.75) is 45.8 Å². The molecular formula is C16H26N6O2. The Morgan fingerprint density at radius 2 is 2.12 bits per heavy atom. The molecule has 0 radical (unpaired) electrons. The van der Waals surface area contributed by atoms with Gasteiger partial charge in [-0.1, -0.05) is 0 Å². The molecule has 1 atom stereocenters. The van der Waals surface area contributed by atoms with E-state index in [1.54, 1.807) is 17.2 Å². The van der Waals surface area contributed by atoms with Crippen LogP contribution in [0, 0.1) is 5.41 Å². The number of rotatable bonds is 2. The second-order valence-electron chi connectivity index (χ2n) is 6.97. The van der Waals surface area contributed by atoms with Gasteiger partial charge in [-0.25, -0.2) is 14.8 Å². The third-order valence-corrected chi connectivity index (χ3v) is 3.67. The molecule has 1 saturated heterocycles. The first kappa shape index (κ1) is 18.0. The van der Waals surface area contributed by atoms with Crippen molar-refractivity contribution in [3.63, 3.8) is 0 Å². The van der Waals surface area contributed by atoms with Crippen LogP contribution in [0.4, 0.5) is 10.6 Å². The van der Waals surface area contributed by atoms with E-state index in [1.807, 2.05) is 27.7 Å². The number of amides is 1. The first-order valence-electron chi connectivity index (χ1n) is 8.09. The average molecular weight is 334 g/mol. The molecule has 0 saturated carbocycles. The van der Waals surface area contributed by atoms with Gasteiger partial charge in [-0.2, -0.15) is 0 Å². The van der Waals surface area contributed by atoms with Crippen molar-refractivity contribution in [3.05, 3.63) is 18.1 Å². The summed E-state index contributed by atoms with van der Waals surface area (Å²) in [5.41, 5.74) is 4.96. The Hall–Kier alpha value is -2.38. The third kappa shape index (κ3) is 4.56. The minimum atomic E-state index is -0.505. The number of nitrogens with zero attached hydrogens (tertiary/aromatic N) is 4. The van der Waals surface area contributed by atoms with Crippen molar-refractivity contribution < 1.29 is 9.53 Å². The first-order valence-corrected chi connectivity index (χ1v) is 8.09. The molecule has 1 aromatic rings. The largest absolute Gasteiger partial charge is 0.444 e. The molecular weight excluding hydrogens is 308 g/mol. The Bertz CT molecular complexity index is 613. The molecule has 8 nitrogen and oxygen atoms in total. The van der Waals surface area contributed by atoms with Crippen molar-refractivity contribution in [1.82, 2.24) is 14.9 Å². The SMILES string of the molecule is C[C@H]1CN(C(=O)OC(C)(C)C)CCCN1c1ccnc(C(=N)N)n1. The summed E-state index contributed by atoms with van der Waals surface area (Å²) in [6, 6.07) is 1.86. The third-order valence-electron chi connectivity index (χ3n) is 3.67. The molecule has 2 rings (SSSR count). The highest BCUT2D eigenvalue weighted by atomic mass is 16.6. The van der Waals surface area contributed by atoms with Gasteiger partial charge in [-0.15, -0.1) is 0 Å². The molecule has 0 unspecified atom stereocenters. The van der Waals surface area contributed by atoms with Gasteiger partial charge in [0.25, 0.3) is 0 Å². The molecule has 2 heterocycles. The zero-order valence-corrected chi connectivity index (χ0v) is 14.7. The predicted octanol–water partition coefficient (Wildman–Crippen LogP) is 1.60. The number of nitrogens with two attached hydrogens (primary N) is 1. The minimum absolute atomic E-state index is 0.0646. The van der Waals surface area contributed by atoms with Crippen LogP contribution in [0.5, 0.6) is 0 Å². The Morgan fingerprint density at radius 1 is 1.42 bits per heavy atom. The highest BCUT2D eigenvalue weighted by molar-refractivity contribution is 5.91. The fourth-order valence-electron chi connectivity index (χ4n) is 2.63. The lowest BCUT2D eigenvalue weighted by Crippen LogP contribution is -2.43. The van der Waals surface area contributed by atoms with Crippen LogP contribution in [-0.4, -0.2) is 58.1 Å². The molecule has 1 aliphatic heterocycles. The summed E-state index contributed by atoms with van der Waals surface area (Å²) in [4.78, 5) is 24.5. The quantitative estimate of drug-likeness (QED) is 0.628. The number of ether oxygens (including phenoxy) is 1. The zero-order chi connectivity index (χ0) is 17.9. The van der Waals surface area contributed by atoms with E-state index in [0.717, 1.165) is 13.0 Å². The van der Waals surface area contributed by atoms with Gasteiger partial charge in [-0.3, -0.25) is 5.41 Å². The first-order chi connectivity index (χ1) is 11.2. The van der Waals surface area contributed by atoms with E-state index in [9.17, 15) is 4.79 Å². The molecule has 0 spiro atoms. The maximum Gasteiger partial charge on any atom is 0.410 e. The summed E-state index contributed by atoms with van der Waals surface area (Å²) in [7, 11) is 0. The summed E-state index contributed by atoms with van der Waals surface area (Å²) >= 11 is 0. The van der Waals surface area contributed by atoms with Gasteiger partial charge in [0, 0.05) is 31.9 Å². The average Bonchev–Trinajstić information content (AvgIpc) is 2.67. The van der Waals surface area contributed by atoms with Crippen molar-refractivity contribution >= 4 is 17.7 Å². The van der Waals surface area contributed by atoms with Crippen LogP contribution < -0.4 is 10.6 Å². The molecule has 8 heteroatoms. The highest BCUT2D eigenvalue weighted by Gasteiger charge is 2.28. The highest BCUT2D eigenvalue weighted by Crippen LogP contribution is 2.19. The van der Waals surface area contributed by atoms with Gasteiger partial charge >= 0.3 is 6.09 Å². The Kier molecular flexibility index (Phi) is 5.26. The molecule has 1 aliphatic rings. The number of hydrogen-bond acceptors (Lipinski definition) is 6. The van der Waals surface area contributed by atoms with Crippen LogP contribution in [0.25, 0.3) is 0 Å². The van der Waals surface area contributed by atoms with E-state index in [-0.39, 0.29) is 23.8 Å². The van der Waals surface area contributed by atoms with E-state index >= 15 is 0 Å². The molecule has 132 valence electrons. The molecule has 1 aromatic heterocycles. The molecule has 1 amide bonds. The van der Waals surface area contributed by atoms with Gasteiger partial charge in [0.05, 0.1) is 0 Å². The minimum Gasteiger partial charge on any atom is -0.444 e. The van der Waals surface area contributed by atoms with Gasteiger partial charge in [-0.05, 0) is 40.2 Å². The van der Waals surface area contributed by atoms with E-state index < -0.39 is 5.60 Å². The summed E-state index contributed by atoms with van der Waals surface area (Å²) in [5, 5.41) is 7.48. The number of carbonyl (C=O) groups is 1. The zero-order valence-electron chi connectivity index (χ0n) is 14.7. The number of carbonyl (C=O) groups excluding carboxylic acids is 1. The number of amidine groups is 1. The van der Waals surface area contributed by atoms with Crippen LogP contribution in [0.15, 0.2) is 12.3 Å². The molecule has 3 N–H and O–H groups in total. The number of nitrogens with one attached hydrogen (secondary N) is 1. The van der Waals surface area contributed by atoms with Gasteiger partial charge in [0.1, 0.15) is 11.4 Å². The van der Waals surface area contributed by atoms with Crippen molar-refractivity contribution in [3.8, 4) is 0 Å². The maximum absolute atomic E-state index is 12.3. The topological polar surface area (TPSA) is 108 Å². The Balaban J connectivity index is 2.12. The molecule has 1 fully saturated rings. The van der Waals surface area contributed by atoms with E-state index in [4.69, 9.17) is 15.9 Å². The van der Waals surface area contributed by atoms with Gasteiger partial charge in [0.15, 0.2) is 11.7 Å². The fourth-order valence-corrected chi connectivity index (χ4v) is 2.63. The molecule has 0 aromatic carbocycles. The summed E-state index contributed by atoms with van der Waals surface area (Å²) in [6.07, 6.45) is 2.12. The van der Waals surface area contributed by atoms with Crippen LogP contribution in [0.2, 0.25) is 0 Å². The molecule has 0 aliphatic carbocycles. The Labute approximate surface area is 142 Å². The maximum atomic E-state index is 12.3. The number of nitrogen functional groups attached to an aromatic ring is 1. The fraction of sp³-hybridized carbons (Fsp3) is 0.625. The Morgan fingerprint density at radius 3 is 2.75 bits per heavy atom. The summed E-state index contributed by atoms with van der Waals surface area (Å²) in [6.45, 7) is 9.58. The smallest absolute Gasteiger partial charge is 0.410 e. The lowest BCUT2D eigenvalue weighted by atomic mass is 10.2. The van der Waals surface area contributed by atoms with Crippen molar-refractivity contribution in [2.24, 2.45) is 5.73 Å². The summed E-state index contributed by atoms with van der Waals surface area (Å²) < 4.78 is 5.47. The van der Waals surface area contributed by atoms with Gasteiger partial charge < -0.3 is 20.3 Å². The van der Waals surface area contributed by atoms with Gasteiger partial charge in [0.2, 0.25) is 0 Å². The molecule has 24 heavy (non-hydrogen) atoms. The normalized spacial score (nSPS) is 18.9. The van der Waals surface area contributed by atoms with Crippen LogP contribution in [0.1, 0.15) is 39.9 Å². The molecule has 0 bridgehead atoms. The number of hydrogen-bond donors (Lipinski definition) is 2. The van der Waals surface area contributed by atoms with Crippen LogP contribution in [0.3, 0.4) is 0 Å². The van der Waals surface area contributed by atoms with Crippen LogP contribution in [-0.2, 0) is 4.74 Å². The predicted molar refractivity (Wildman–Crippen MR) is 92.3 cm³/mol. The number of aromatic nitrogens is 2. The lowest BCUT2D eigenvalue weighted by Gasteiger charge is -2.31. The van der Waals surface area contributed by atoms with E-state index in [1.165, 1.54) is 0 Å². The van der Waals surface area contributed by atoms with Crippen LogP contribution >= 0.6 is 0 Å². The standard InChI is InChI=1S/C16H26N6O2/c1-11-10-21(15(23)24-16(2,3)4)8-5-9-22(11)12-6-7-19-14(20-12)13(17)18/h6-7,11H,5,8-10H2,1-4H3,(H3,17,18)/t11-/m0/s1. The summed E-state index contributed by atoms with van der Waals surface area (Å²) in [5.74, 6) is 0.774. The van der Waals surface area contributed by atoms with E-state index in [2.05, 4.69) is 14.9 Å². The van der Waals surface area contributed by atoms with Crippen molar-refractivity contribution in [1.29, 1.82) is 5.41 Å². The second-order valence-corrected chi connectivity index (χ2v) is 6.97. The van der Waals surface area contributed by atoms with E-state index in [0.29, 0.717) is 18.9 Å². The number of anilines is 1. The second kappa shape index (κ2) is 7.02. The lowest BCUT2D eigenvalue weighted by molar-refractivity contribution is 0.0252. The van der Waals surface area contributed by atoms with Crippen molar-refractivity contribution in [2.75, 3.05) is 24.5 Å².